The molecule has 1 aliphatic heterocycles. The number of anilines is 2. The number of hydrogen-bond acceptors (Lipinski definition) is 5. The topological polar surface area (TPSA) is 78.4 Å². The normalized spacial score (nSPS) is 13.7. The van der Waals surface area contributed by atoms with Gasteiger partial charge in [-0.15, -0.1) is 0 Å². The fourth-order valence-corrected chi connectivity index (χ4v) is 3.61. The number of nitrogens with zero attached hydrogens (tertiary/aromatic N) is 4. The molecular formula is C24H24FN5O2. The molecule has 1 aliphatic rings. The summed E-state index contributed by atoms with van der Waals surface area (Å²) in [6.07, 6.45) is 3.70. The maximum Gasteiger partial charge on any atom is 0.258 e. The summed E-state index contributed by atoms with van der Waals surface area (Å²) in [5.74, 6) is -0.329. The van der Waals surface area contributed by atoms with Crippen molar-refractivity contribution in [2.75, 3.05) is 36.4 Å². The van der Waals surface area contributed by atoms with E-state index in [9.17, 15) is 14.0 Å². The Hall–Kier alpha value is -3.81. The molecule has 2 heterocycles. The van der Waals surface area contributed by atoms with Crippen LogP contribution in [0.25, 0.3) is 0 Å². The van der Waals surface area contributed by atoms with Gasteiger partial charge in [-0.3, -0.25) is 9.59 Å². The molecule has 0 spiro atoms. The molecule has 1 fully saturated rings. The molecule has 3 aromatic rings. The van der Waals surface area contributed by atoms with Crippen LogP contribution in [-0.2, 0) is 11.2 Å². The second kappa shape index (κ2) is 9.55. The van der Waals surface area contributed by atoms with Crippen molar-refractivity contribution in [3.63, 3.8) is 0 Å². The molecule has 7 nitrogen and oxygen atoms in total. The van der Waals surface area contributed by atoms with E-state index < -0.39 is 11.7 Å². The van der Waals surface area contributed by atoms with Crippen molar-refractivity contribution < 1.29 is 14.0 Å². The SMILES string of the molecule is Cc1ccc(F)c(C(=O)Nc2ccc(CC(=O)N3CCN(c4ncccn4)CC3)cc2)c1. The number of halogens is 1. The lowest BCUT2D eigenvalue weighted by molar-refractivity contribution is -0.130. The van der Waals surface area contributed by atoms with Crippen LogP contribution in [0.4, 0.5) is 16.0 Å². The number of rotatable bonds is 5. The highest BCUT2D eigenvalue weighted by Gasteiger charge is 2.22. The average molecular weight is 433 g/mol. The molecule has 164 valence electrons. The van der Waals surface area contributed by atoms with Crippen molar-refractivity contribution in [3.05, 3.63) is 83.4 Å². The minimum Gasteiger partial charge on any atom is -0.339 e. The van der Waals surface area contributed by atoms with Crippen LogP contribution >= 0.6 is 0 Å². The summed E-state index contributed by atoms with van der Waals surface area (Å²) in [6.45, 7) is 4.42. The van der Waals surface area contributed by atoms with Gasteiger partial charge in [0.1, 0.15) is 5.82 Å². The van der Waals surface area contributed by atoms with Crippen molar-refractivity contribution in [2.45, 2.75) is 13.3 Å². The predicted octanol–water partition coefficient (Wildman–Crippen LogP) is 3.07. The first kappa shape index (κ1) is 21.4. The van der Waals surface area contributed by atoms with Gasteiger partial charge >= 0.3 is 0 Å². The van der Waals surface area contributed by atoms with E-state index in [1.54, 1.807) is 55.7 Å². The van der Waals surface area contributed by atoms with Gasteiger partial charge in [-0.2, -0.15) is 0 Å². The second-order valence-electron chi connectivity index (χ2n) is 7.73. The third kappa shape index (κ3) is 5.08. The minimum absolute atomic E-state index is 0.00398. The van der Waals surface area contributed by atoms with E-state index in [0.29, 0.717) is 37.8 Å². The van der Waals surface area contributed by atoms with Crippen LogP contribution in [0.3, 0.4) is 0 Å². The molecule has 0 bridgehead atoms. The average Bonchev–Trinajstić information content (AvgIpc) is 2.82. The zero-order valence-corrected chi connectivity index (χ0v) is 17.8. The summed E-state index contributed by atoms with van der Waals surface area (Å²) < 4.78 is 13.9. The Morgan fingerprint density at radius 2 is 1.69 bits per heavy atom. The third-order valence-corrected chi connectivity index (χ3v) is 5.40. The third-order valence-electron chi connectivity index (χ3n) is 5.40. The summed E-state index contributed by atoms with van der Waals surface area (Å²) in [5, 5.41) is 2.70. The molecule has 0 atom stereocenters. The lowest BCUT2D eigenvalue weighted by atomic mass is 10.1. The number of aryl methyl sites for hydroxylation is 1. The first-order valence-corrected chi connectivity index (χ1v) is 10.5. The summed E-state index contributed by atoms with van der Waals surface area (Å²) in [6, 6.07) is 13.2. The van der Waals surface area contributed by atoms with Crippen molar-refractivity contribution in [1.29, 1.82) is 0 Å². The lowest BCUT2D eigenvalue weighted by Crippen LogP contribution is -2.49. The quantitative estimate of drug-likeness (QED) is 0.669. The number of aromatic nitrogens is 2. The maximum absolute atomic E-state index is 13.9. The van der Waals surface area contributed by atoms with Crippen LogP contribution in [0.5, 0.6) is 0 Å². The van der Waals surface area contributed by atoms with Gasteiger partial charge in [-0.25, -0.2) is 14.4 Å². The zero-order chi connectivity index (χ0) is 22.5. The van der Waals surface area contributed by atoms with Crippen molar-refractivity contribution in [3.8, 4) is 0 Å². The van der Waals surface area contributed by atoms with E-state index in [-0.39, 0.29) is 17.9 Å². The summed E-state index contributed by atoms with van der Waals surface area (Å²) in [4.78, 5) is 37.5. The Bertz CT molecular complexity index is 1100. The fraction of sp³-hybridized carbons (Fsp3) is 0.250. The van der Waals surface area contributed by atoms with Gasteiger partial charge in [0, 0.05) is 44.3 Å². The Kier molecular flexibility index (Phi) is 6.39. The minimum atomic E-state index is -0.561. The Morgan fingerprint density at radius 3 is 2.38 bits per heavy atom. The van der Waals surface area contributed by atoms with Crippen molar-refractivity contribution in [2.24, 2.45) is 0 Å². The number of piperazine rings is 1. The Morgan fingerprint density at radius 1 is 1.00 bits per heavy atom. The molecule has 32 heavy (non-hydrogen) atoms. The molecule has 0 saturated carbocycles. The van der Waals surface area contributed by atoms with Crippen LogP contribution in [0.15, 0.2) is 60.9 Å². The van der Waals surface area contributed by atoms with Gasteiger partial charge < -0.3 is 15.1 Å². The van der Waals surface area contributed by atoms with Crippen molar-refractivity contribution in [1.82, 2.24) is 14.9 Å². The molecule has 2 aromatic carbocycles. The van der Waals surface area contributed by atoms with E-state index in [2.05, 4.69) is 20.2 Å². The molecule has 4 rings (SSSR count). The molecule has 0 aliphatic carbocycles. The van der Waals surface area contributed by atoms with Gasteiger partial charge in [0.05, 0.1) is 12.0 Å². The van der Waals surface area contributed by atoms with E-state index in [4.69, 9.17) is 0 Å². The van der Waals surface area contributed by atoms with E-state index in [1.807, 2.05) is 4.90 Å². The number of hydrogen-bond donors (Lipinski definition) is 1. The van der Waals surface area contributed by atoms with Crippen LogP contribution in [0, 0.1) is 12.7 Å². The maximum atomic E-state index is 13.9. The summed E-state index contributed by atoms with van der Waals surface area (Å²) >= 11 is 0. The smallest absolute Gasteiger partial charge is 0.258 e. The fourth-order valence-electron chi connectivity index (χ4n) is 3.61. The second-order valence-corrected chi connectivity index (χ2v) is 7.73. The highest BCUT2D eigenvalue weighted by Crippen LogP contribution is 2.16. The molecule has 0 unspecified atom stereocenters. The van der Waals surface area contributed by atoms with E-state index in [0.717, 1.165) is 11.1 Å². The number of amides is 2. The molecule has 8 heteroatoms. The van der Waals surface area contributed by atoms with Crippen LogP contribution in [0.1, 0.15) is 21.5 Å². The van der Waals surface area contributed by atoms with Gasteiger partial charge in [0.2, 0.25) is 11.9 Å². The van der Waals surface area contributed by atoms with Crippen LogP contribution in [-0.4, -0.2) is 52.9 Å². The summed E-state index contributed by atoms with van der Waals surface area (Å²) in [5.41, 5.74) is 2.21. The largest absolute Gasteiger partial charge is 0.339 e. The first-order chi connectivity index (χ1) is 15.5. The molecular weight excluding hydrogens is 409 g/mol. The van der Waals surface area contributed by atoms with E-state index in [1.165, 1.54) is 12.1 Å². The van der Waals surface area contributed by atoms with E-state index >= 15 is 0 Å². The molecule has 1 N–H and O–H groups in total. The lowest BCUT2D eigenvalue weighted by Gasteiger charge is -2.34. The number of carbonyl (C=O) groups excluding carboxylic acids is 2. The zero-order valence-electron chi connectivity index (χ0n) is 17.8. The molecule has 2 amide bonds. The van der Waals surface area contributed by atoms with Gasteiger partial charge in [-0.05, 0) is 42.8 Å². The number of carbonyl (C=O) groups is 2. The standard InChI is InChI=1S/C24H24FN5O2/c1-17-3-8-21(25)20(15-17)23(32)28-19-6-4-18(5-7-19)16-22(31)29-11-13-30(14-12-29)24-26-9-2-10-27-24/h2-10,15H,11-14,16H2,1H3,(H,28,32). The number of benzene rings is 2. The van der Waals surface area contributed by atoms with Crippen molar-refractivity contribution >= 4 is 23.5 Å². The first-order valence-electron chi connectivity index (χ1n) is 10.5. The van der Waals surface area contributed by atoms with Crippen LogP contribution in [0.2, 0.25) is 0 Å². The Labute approximate surface area is 185 Å². The molecule has 1 aromatic heterocycles. The number of nitrogens with one attached hydrogen (secondary N) is 1. The molecule has 1 saturated heterocycles. The highest BCUT2D eigenvalue weighted by atomic mass is 19.1. The van der Waals surface area contributed by atoms with Gasteiger partial charge in [-0.1, -0.05) is 23.8 Å². The monoisotopic (exact) mass is 433 g/mol. The summed E-state index contributed by atoms with van der Waals surface area (Å²) in [7, 11) is 0. The van der Waals surface area contributed by atoms with Gasteiger partial charge in [0.15, 0.2) is 0 Å². The highest BCUT2D eigenvalue weighted by molar-refractivity contribution is 6.04. The van der Waals surface area contributed by atoms with Crippen LogP contribution < -0.4 is 10.2 Å². The predicted molar refractivity (Wildman–Crippen MR) is 120 cm³/mol. The molecule has 0 radical (unpaired) electrons. The Balaban J connectivity index is 1.30. The van der Waals surface area contributed by atoms with Gasteiger partial charge in [0.25, 0.3) is 5.91 Å².